The van der Waals surface area contributed by atoms with Gasteiger partial charge < -0.3 is 5.32 Å². The summed E-state index contributed by atoms with van der Waals surface area (Å²) in [6.07, 6.45) is 1.91. The summed E-state index contributed by atoms with van der Waals surface area (Å²) in [5, 5.41) is 3.47. The molecule has 2 aromatic heterocycles. The van der Waals surface area contributed by atoms with Gasteiger partial charge in [0.05, 0.1) is 9.30 Å². The quantitative estimate of drug-likeness (QED) is 0.929. The van der Waals surface area contributed by atoms with Crippen molar-refractivity contribution < 1.29 is 0 Å². The van der Waals surface area contributed by atoms with Crippen molar-refractivity contribution in [3.63, 3.8) is 0 Å². The first-order chi connectivity index (χ1) is 7.25. The molecule has 0 aromatic carbocycles. The molecule has 80 valence electrons. The van der Waals surface area contributed by atoms with Crippen molar-refractivity contribution in [3.05, 3.63) is 37.4 Å². The molecule has 5 heteroatoms. The number of hydrogen-bond donors (Lipinski definition) is 1. The van der Waals surface area contributed by atoms with Crippen LogP contribution in [-0.4, -0.2) is 4.98 Å². The van der Waals surface area contributed by atoms with Crippen LogP contribution in [0.25, 0.3) is 0 Å². The summed E-state index contributed by atoms with van der Waals surface area (Å²) in [5.74, 6) is 0. The monoisotopic (exact) mass is 302 g/mol. The number of thiophene rings is 1. The number of aromatic nitrogens is 1. The molecule has 0 saturated heterocycles. The van der Waals surface area contributed by atoms with Gasteiger partial charge in [0.25, 0.3) is 0 Å². The van der Waals surface area contributed by atoms with Crippen LogP contribution >= 0.6 is 38.6 Å². The molecule has 0 aliphatic rings. The van der Waals surface area contributed by atoms with Crippen molar-refractivity contribution in [1.82, 2.24) is 10.3 Å². The first kappa shape index (κ1) is 11.3. The van der Waals surface area contributed by atoms with Crippen LogP contribution in [0.1, 0.15) is 22.7 Å². The molecule has 1 N–H and O–H groups in total. The van der Waals surface area contributed by atoms with Crippen LogP contribution in [0, 0.1) is 0 Å². The van der Waals surface area contributed by atoms with Crippen LogP contribution in [0.2, 0.25) is 0 Å². The van der Waals surface area contributed by atoms with Crippen molar-refractivity contribution in [2.24, 2.45) is 0 Å². The standard InChI is InChI=1S/C10H11BrN2S2/c1-7(9-2-3-10(11)15-9)13-5-8-4-12-6-14-8/h2-4,6-7,13H,5H2,1H3. The van der Waals surface area contributed by atoms with E-state index in [4.69, 9.17) is 0 Å². The number of nitrogens with one attached hydrogen (secondary N) is 1. The van der Waals surface area contributed by atoms with Crippen molar-refractivity contribution in [3.8, 4) is 0 Å². The lowest BCUT2D eigenvalue weighted by Gasteiger charge is -2.10. The molecule has 2 nitrogen and oxygen atoms in total. The highest BCUT2D eigenvalue weighted by Gasteiger charge is 2.07. The molecule has 2 aromatic rings. The fourth-order valence-electron chi connectivity index (χ4n) is 1.24. The van der Waals surface area contributed by atoms with Gasteiger partial charge in [-0.25, -0.2) is 0 Å². The Morgan fingerprint density at radius 2 is 2.40 bits per heavy atom. The molecule has 0 aliphatic carbocycles. The van der Waals surface area contributed by atoms with Gasteiger partial charge in [-0.3, -0.25) is 4.98 Å². The van der Waals surface area contributed by atoms with E-state index in [1.54, 1.807) is 22.7 Å². The lowest BCUT2D eigenvalue weighted by molar-refractivity contribution is 0.587. The summed E-state index contributed by atoms with van der Waals surface area (Å²) in [6.45, 7) is 3.07. The molecule has 0 amide bonds. The van der Waals surface area contributed by atoms with Gasteiger partial charge in [0.15, 0.2) is 0 Å². The number of nitrogens with zero attached hydrogens (tertiary/aromatic N) is 1. The second-order valence-electron chi connectivity index (χ2n) is 3.21. The molecule has 0 radical (unpaired) electrons. The summed E-state index contributed by atoms with van der Waals surface area (Å²) >= 11 is 6.93. The fourth-order valence-corrected chi connectivity index (χ4v) is 3.24. The van der Waals surface area contributed by atoms with Gasteiger partial charge in [-0.2, -0.15) is 0 Å². The first-order valence-electron chi connectivity index (χ1n) is 4.61. The summed E-state index contributed by atoms with van der Waals surface area (Å²) in [7, 11) is 0. The van der Waals surface area contributed by atoms with E-state index in [2.05, 4.69) is 45.3 Å². The minimum Gasteiger partial charge on any atom is -0.304 e. The van der Waals surface area contributed by atoms with E-state index in [0.717, 1.165) is 6.54 Å². The summed E-state index contributed by atoms with van der Waals surface area (Å²) < 4.78 is 1.18. The SMILES string of the molecule is CC(NCc1cncs1)c1ccc(Br)s1. The lowest BCUT2D eigenvalue weighted by atomic mass is 10.3. The predicted octanol–water partition coefficient (Wildman–Crippen LogP) is 3.82. The highest BCUT2D eigenvalue weighted by atomic mass is 79.9. The molecule has 0 spiro atoms. The van der Waals surface area contributed by atoms with E-state index in [-0.39, 0.29) is 0 Å². The Morgan fingerprint density at radius 3 is 3.00 bits per heavy atom. The van der Waals surface area contributed by atoms with Crippen LogP contribution in [0.3, 0.4) is 0 Å². The Hall–Kier alpha value is -0.230. The number of rotatable bonds is 4. The Labute approximate surface area is 106 Å². The van der Waals surface area contributed by atoms with Gasteiger partial charge in [0, 0.05) is 28.5 Å². The van der Waals surface area contributed by atoms with Gasteiger partial charge in [-0.05, 0) is 35.0 Å². The fraction of sp³-hybridized carbons (Fsp3) is 0.300. The maximum atomic E-state index is 4.05. The highest BCUT2D eigenvalue weighted by molar-refractivity contribution is 9.11. The minimum absolute atomic E-state index is 0.392. The van der Waals surface area contributed by atoms with E-state index in [0.29, 0.717) is 6.04 Å². The average molecular weight is 303 g/mol. The normalized spacial score (nSPS) is 12.9. The van der Waals surface area contributed by atoms with Crippen LogP contribution in [0.15, 0.2) is 27.6 Å². The Morgan fingerprint density at radius 1 is 1.53 bits per heavy atom. The van der Waals surface area contributed by atoms with Crippen molar-refractivity contribution in [2.75, 3.05) is 0 Å². The maximum absolute atomic E-state index is 4.05. The van der Waals surface area contributed by atoms with E-state index >= 15 is 0 Å². The van der Waals surface area contributed by atoms with Crippen molar-refractivity contribution >= 4 is 38.6 Å². The molecule has 0 saturated carbocycles. The third-order valence-electron chi connectivity index (χ3n) is 2.09. The van der Waals surface area contributed by atoms with E-state index < -0.39 is 0 Å². The maximum Gasteiger partial charge on any atom is 0.0794 e. The highest BCUT2D eigenvalue weighted by Crippen LogP contribution is 2.27. The summed E-state index contributed by atoms with van der Waals surface area (Å²) in [5.41, 5.74) is 1.86. The van der Waals surface area contributed by atoms with Crippen molar-refractivity contribution in [2.45, 2.75) is 19.5 Å². The third kappa shape index (κ3) is 3.11. The first-order valence-corrected chi connectivity index (χ1v) is 7.10. The van der Waals surface area contributed by atoms with Crippen LogP contribution in [0.4, 0.5) is 0 Å². The largest absolute Gasteiger partial charge is 0.304 e. The second kappa shape index (κ2) is 5.21. The molecule has 2 rings (SSSR count). The topological polar surface area (TPSA) is 24.9 Å². The molecule has 1 unspecified atom stereocenters. The van der Waals surface area contributed by atoms with Crippen LogP contribution < -0.4 is 5.32 Å². The molecule has 2 heterocycles. The van der Waals surface area contributed by atoms with E-state index in [1.165, 1.54) is 13.5 Å². The Balaban J connectivity index is 1.90. The minimum atomic E-state index is 0.392. The van der Waals surface area contributed by atoms with E-state index in [9.17, 15) is 0 Å². The van der Waals surface area contributed by atoms with Crippen LogP contribution in [0.5, 0.6) is 0 Å². The van der Waals surface area contributed by atoms with Gasteiger partial charge in [0.1, 0.15) is 0 Å². The molecule has 0 bridgehead atoms. The lowest BCUT2D eigenvalue weighted by Crippen LogP contribution is -2.16. The molecule has 1 atom stereocenters. The zero-order chi connectivity index (χ0) is 10.7. The van der Waals surface area contributed by atoms with Gasteiger partial charge in [0.2, 0.25) is 0 Å². The molecule has 15 heavy (non-hydrogen) atoms. The van der Waals surface area contributed by atoms with Gasteiger partial charge >= 0.3 is 0 Å². The predicted molar refractivity (Wildman–Crippen MR) is 69.4 cm³/mol. The summed E-state index contributed by atoms with van der Waals surface area (Å²) in [6, 6.07) is 4.63. The molecule has 0 aliphatic heterocycles. The number of halogens is 1. The van der Waals surface area contributed by atoms with Crippen LogP contribution in [-0.2, 0) is 6.54 Å². The smallest absolute Gasteiger partial charge is 0.0794 e. The zero-order valence-corrected chi connectivity index (χ0v) is 11.5. The molecular weight excluding hydrogens is 292 g/mol. The van der Waals surface area contributed by atoms with Crippen molar-refractivity contribution in [1.29, 1.82) is 0 Å². The van der Waals surface area contributed by atoms with Gasteiger partial charge in [-0.15, -0.1) is 22.7 Å². The average Bonchev–Trinajstić information content (AvgIpc) is 2.84. The van der Waals surface area contributed by atoms with Gasteiger partial charge in [-0.1, -0.05) is 0 Å². The summed E-state index contributed by atoms with van der Waals surface area (Å²) in [4.78, 5) is 6.68. The Kier molecular flexibility index (Phi) is 3.91. The number of thiazole rings is 1. The number of hydrogen-bond acceptors (Lipinski definition) is 4. The zero-order valence-electron chi connectivity index (χ0n) is 8.24. The van der Waals surface area contributed by atoms with E-state index in [1.807, 2.05) is 11.7 Å². The second-order valence-corrected chi connectivity index (χ2v) is 6.68. The Bertz CT molecular complexity index is 411. The molecule has 0 fully saturated rings. The molecular formula is C10H11BrN2S2. The third-order valence-corrected chi connectivity index (χ3v) is 4.67.